The number of methoxy groups -OCH3 is 1. The highest BCUT2D eigenvalue weighted by Crippen LogP contribution is 1.98. The van der Waals surface area contributed by atoms with Gasteiger partial charge in [0, 0.05) is 6.42 Å². The summed E-state index contributed by atoms with van der Waals surface area (Å²) in [7, 11) is 1.19. The third kappa shape index (κ3) is 3.98. The quantitative estimate of drug-likeness (QED) is 0.454. The number of rotatable bonds is 3. The maximum atomic E-state index is 10.4. The number of hydrogen-bond acceptors (Lipinski definition) is 4. The van der Waals surface area contributed by atoms with Gasteiger partial charge in [-0.05, 0) is 0 Å². The molecule has 4 heteroatoms. The molecule has 0 saturated heterocycles. The maximum absolute atomic E-state index is 10.4. The number of ether oxygens (including phenoxy) is 2. The lowest BCUT2D eigenvalue weighted by atomic mass is 10.3. The van der Waals surface area contributed by atoms with E-state index in [1.165, 1.54) is 13.2 Å². The van der Waals surface area contributed by atoms with Crippen LogP contribution in [-0.2, 0) is 9.47 Å². The molecule has 0 rings (SSSR count). The van der Waals surface area contributed by atoms with Crippen molar-refractivity contribution in [1.82, 2.24) is 0 Å². The highest BCUT2D eigenvalue weighted by molar-refractivity contribution is 5.60. The van der Waals surface area contributed by atoms with Crippen LogP contribution in [0.15, 0.2) is 12.7 Å². The Morgan fingerprint density at radius 3 is 2.91 bits per heavy atom. The molecule has 4 nitrogen and oxygen atoms in total. The van der Waals surface area contributed by atoms with Crippen molar-refractivity contribution in [2.24, 2.45) is 0 Å². The minimum Gasteiger partial charge on any atom is -0.438 e. The number of hydrogen-bond donors (Lipinski definition) is 0. The molecule has 0 unspecified atom stereocenters. The van der Waals surface area contributed by atoms with Crippen LogP contribution >= 0.6 is 0 Å². The van der Waals surface area contributed by atoms with Crippen molar-refractivity contribution in [2.45, 2.75) is 12.5 Å². The Morgan fingerprint density at radius 1 is 1.91 bits per heavy atom. The number of nitrogens with zero attached hydrogens (tertiary/aromatic N) is 1. The SMILES string of the molecule is C=CC[C@H](C#N)OC(=O)OC. The second kappa shape index (κ2) is 5.30. The van der Waals surface area contributed by atoms with Gasteiger partial charge < -0.3 is 9.47 Å². The molecule has 1 atom stereocenters. The predicted octanol–water partition coefficient (Wildman–Crippen LogP) is 1.24. The summed E-state index contributed by atoms with van der Waals surface area (Å²) in [6.07, 6.45) is 0.168. The van der Waals surface area contributed by atoms with Gasteiger partial charge in [0.1, 0.15) is 6.07 Å². The molecule has 0 spiro atoms. The second-order valence-corrected chi connectivity index (χ2v) is 1.71. The van der Waals surface area contributed by atoms with Crippen LogP contribution in [0.25, 0.3) is 0 Å². The van der Waals surface area contributed by atoms with E-state index in [9.17, 15) is 4.79 Å². The minimum absolute atomic E-state index is 0.311. The fourth-order valence-electron chi connectivity index (χ4n) is 0.443. The molecule has 0 aromatic heterocycles. The van der Waals surface area contributed by atoms with Gasteiger partial charge in [0.25, 0.3) is 0 Å². The van der Waals surface area contributed by atoms with Crippen LogP contribution in [0.3, 0.4) is 0 Å². The Hall–Kier alpha value is -1.50. The van der Waals surface area contributed by atoms with Gasteiger partial charge in [-0.15, -0.1) is 6.58 Å². The van der Waals surface area contributed by atoms with Gasteiger partial charge >= 0.3 is 6.16 Å². The molecular formula is C7H9NO3. The summed E-state index contributed by atoms with van der Waals surface area (Å²) in [4.78, 5) is 10.4. The summed E-state index contributed by atoms with van der Waals surface area (Å²) < 4.78 is 8.68. The molecule has 0 aromatic carbocycles. The van der Waals surface area contributed by atoms with Crippen molar-refractivity contribution in [1.29, 1.82) is 5.26 Å². The number of carbonyl (C=O) groups is 1. The summed E-state index contributed by atoms with van der Waals surface area (Å²) in [6, 6.07) is 1.77. The van der Waals surface area contributed by atoms with Crippen molar-refractivity contribution in [3.63, 3.8) is 0 Å². The molecule has 0 amide bonds. The van der Waals surface area contributed by atoms with Crippen molar-refractivity contribution in [3.05, 3.63) is 12.7 Å². The summed E-state index contributed by atoms with van der Waals surface area (Å²) in [5.41, 5.74) is 0. The van der Waals surface area contributed by atoms with Crippen LogP contribution in [-0.4, -0.2) is 19.4 Å². The molecule has 11 heavy (non-hydrogen) atoms. The average molecular weight is 155 g/mol. The fraction of sp³-hybridized carbons (Fsp3) is 0.429. The van der Waals surface area contributed by atoms with Gasteiger partial charge in [-0.3, -0.25) is 0 Å². The molecule has 0 aliphatic carbocycles. The van der Waals surface area contributed by atoms with Crippen LogP contribution in [0.2, 0.25) is 0 Å². The maximum Gasteiger partial charge on any atom is 0.509 e. The zero-order valence-corrected chi connectivity index (χ0v) is 6.24. The highest BCUT2D eigenvalue weighted by Gasteiger charge is 2.10. The van der Waals surface area contributed by atoms with E-state index < -0.39 is 12.3 Å². The summed E-state index contributed by atoms with van der Waals surface area (Å²) >= 11 is 0. The molecule has 0 aliphatic heterocycles. The Labute approximate surface area is 65.0 Å². The molecule has 0 radical (unpaired) electrons. The Morgan fingerprint density at radius 2 is 2.55 bits per heavy atom. The average Bonchev–Trinajstić information content (AvgIpc) is 2.03. The van der Waals surface area contributed by atoms with Crippen molar-refractivity contribution in [3.8, 4) is 6.07 Å². The van der Waals surface area contributed by atoms with Gasteiger partial charge in [0.2, 0.25) is 0 Å². The largest absolute Gasteiger partial charge is 0.509 e. The molecule has 0 fully saturated rings. The zero-order valence-electron chi connectivity index (χ0n) is 6.24. The summed E-state index contributed by atoms with van der Waals surface area (Å²) in [5.74, 6) is 0. The summed E-state index contributed by atoms with van der Waals surface area (Å²) in [6.45, 7) is 3.40. The molecule has 0 heterocycles. The van der Waals surface area contributed by atoms with Gasteiger partial charge in [0.05, 0.1) is 7.11 Å². The van der Waals surface area contributed by atoms with Crippen LogP contribution < -0.4 is 0 Å². The Kier molecular flexibility index (Phi) is 4.58. The first-order valence-electron chi connectivity index (χ1n) is 2.99. The molecule has 0 aliphatic rings. The van der Waals surface area contributed by atoms with E-state index in [0.29, 0.717) is 6.42 Å². The van der Waals surface area contributed by atoms with E-state index in [0.717, 1.165) is 0 Å². The third-order valence-electron chi connectivity index (χ3n) is 0.930. The van der Waals surface area contributed by atoms with E-state index in [1.54, 1.807) is 6.07 Å². The van der Waals surface area contributed by atoms with Crippen molar-refractivity contribution in [2.75, 3.05) is 7.11 Å². The van der Waals surface area contributed by atoms with Crippen molar-refractivity contribution >= 4 is 6.16 Å². The number of carbonyl (C=O) groups excluding carboxylic acids is 1. The van der Waals surface area contributed by atoms with Gasteiger partial charge in [-0.1, -0.05) is 6.08 Å². The van der Waals surface area contributed by atoms with E-state index in [4.69, 9.17) is 5.26 Å². The molecular weight excluding hydrogens is 146 g/mol. The molecule has 0 N–H and O–H groups in total. The van der Waals surface area contributed by atoms with Crippen LogP contribution in [0.1, 0.15) is 6.42 Å². The van der Waals surface area contributed by atoms with Gasteiger partial charge in [-0.2, -0.15) is 5.26 Å². The Balaban J connectivity index is 3.79. The Bertz CT molecular complexity index is 183. The van der Waals surface area contributed by atoms with E-state index in [2.05, 4.69) is 16.1 Å². The second-order valence-electron chi connectivity index (χ2n) is 1.71. The molecule has 0 saturated carbocycles. The van der Waals surface area contributed by atoms with E-state index in [-0.39, 0.29) is 0 Å². The minimum atomic E-state index is -0.849. The van der Waals surface area contributed by atoms with Crippen LogP contribution in [0.4, 0.5) is 4.79 Å². The van der Waals surface area contributed by atoms with E-state index >= 15 is 0 Å². The van der Waals surface area contributed by atoms with Gasteiger partial charge in [-0.25, -0.2) is 4.79 Å². The normalized spacial score (nSPS) is 10.9. The smallest absolute Gasteiger partial charge is 0.438 e. The van der Waals surface area contributed by atoms with E-state index in [1.807, 2.05) is 0 Å². The van der Waals surface area contributed by atoms with Crippen LogP contribution in [0, 0.1) is 11.3 Å². The topological polar surface area (TPSA) is 59.3 Å². The number of nitriles is 1. The lowest BCUT2D eigenvalue weighted by molar-refractivity contribution is 0.0556. The van der Waals surface area contributed by atoms with Gasteiger partial charge in [0.15, 0.2) is 6.10 Å². The predicted molar refractivity (Wildman–Crippen MR) is 37.7 cm³/mol. The first-order chi connectivity index (χ1) is 5.24. The third-order valence-corrected chi connectivity index (χ3v) is 0.930. The lowest BCUT2D eigenvalue weighted by Gasteiger charge is -2.05. The first-order valence-corrected chi connectivity index (χ1v) is 2.99. The highest BCUT2D eigenvalue weighted by atomic mass is 16.7. The van der Waals surface area contributed by atoms with Crippen LogP contribution in [0.5, 0.6) is 0 Å². The molecule has 0 aromatic rings. The lowest BCUT2D eigenvalue weighted by Crippen LogP contribution is -2.15. The first kappa shape index (κ1) is 9.50. The standard InChI is InChI=1S/C7H9NO3/c1-3-4-6(5-8)11-7(9)10-2/h3,6H,1,4H2,2H3/t6-/m1/s1. The molecule has 60 valence electrons. The van der Waals surface area contributed by atoms with Crippen molar-refractivity contribution < 1.29 is 14.3 Å². The molecule has 0 bridgehead atoms. The fourth-order valence-corrected chi connectivity index (χ4v) is 0.443. The monoisotopic (exact) mass is 155 g/mol. The zero-order chi connectivity index (χ0) is 8.69. The summed E-state index contributed by atoms with van der Waals surface area (Å²) in [5, 5.41) is 8.37.